The van der Waals surface area contributed by atoms with E-state index in [1.807, 2.05) is 19.9 Å². The van der Waals surface area contributed by atoms with Crippen LogP contribution in [0.15, 0.2) is 82.8 Å². The summed E-state index contributed by atoms with van der Waals surface area (Å²) in [4.78, 5) is 12.7. The van der Waals surface area contributed by atoms with Crippen LogP contribution in [0.3, 0.4) is 0 Å². The number of nitrogens with zero attached hydrogens (tertiary/aromatic N) is 2. The molecule has 3 rings (SSSR count). The van der Waals surface area contributed by atoms with Gasteiger partial charge < -0.3 is 4.74 Å². The molecular formula is C24H25N3O4S. The molecule has 0 heterocycles. The Morgan fingerprint density at radius 2 is 1.72 bits per heavy atom. The number of nitrogens with one attached hydrogen (secondary N) is 1. The molecule has 0 bridgehead atoms. The second kappa shape index (κ2) is 10.1. The predicted octanol–water partition coefficient (Wildman–Crippen LogP) is 3.66. The zero-order valence-electron chi connectivity index (χ0n) is 18.1. The molecule has 32 heavy (non-hydrogen) atoms. The third-order valence-corrected chi connectivity index (χ3v) is 6.47. The minimum atomic E-state index is -3.96. The monoisotopic (exact) mass is 451 g/mol. The van der Waals surface area contributed by atoms with Crippen LogP contribution in [-0.4, -0.2) is 34.2 Å². The van der Waals surface area contributed by atoms with Gasteiger partial charge >= 0.3 is 0 Å². The maximum absolute atomic E-state index is 13.4. The van der Waals surface area contributed by atoms with E-state index in [-0.39, 0.29) is 4.90 Å². The number of carbonyl (C=O) groups is 1. The maximum Gasteiger partial charge on any atom is 0.264 e. The molecule has 0 saturated heterocycles. The number of hydrazone groups is 1. The highest BCUT2D eigenvalue weighted by atomic mass is 32.2. The molecule has 0 atom stereocenters. The zero-order chi connectivity index (χ0) is 23.1. The highest BCUT2D eigenvalue weighted by Crippen LogP contribution is 2.24. The van der Waals surface area contributed by atoms with E-state index in [4.69, 9.17) is 4.74 Å². The predicted molar refractivity (Wildman–Crippen MR) is 126 cm³/mol. The van der Waals surface area contributed by atoms with Gasteiger partial charge in [-0.1, -0.05) is 42.0 Å². The van der Waals surface area contributed by atoms with Crippen molar-refractivity contribution in [2.24, 2.45) is 5.10 Å². The second-order valence-corrected chi connectivity index (χ2v) is 9.10. The third kappa shape index (κ3) is 5.73. The molecule has 0 spiro atoms. The Hall–Kier alpha value is -3.65. The summed E-state index contributed by atoms with van der Waals surface area (Å²) in [7, 11) is -2.40. The lowest BCUT2D eigenvalue weighted by Gasteiger charge is -2.24. The molecule has 8 heteroatoms. The molecule has 0 aliphatic rings. The van der Waals surface area contributed by atoms with Gasteiger partial charge in [0.1, 0.15) is 12.3 Å². The topological polar surface area (TPSA) is 88.1 Å². The molecule has 0 aliphatic heterocycles. The summed E-state index contributed by atoms with van der Waals surface area (Å²) in [6.45, 7) is 3.32. The van der Waals surface area contributed by atoms with Crippen molar-refractivity contribution < 1.29 is 17.9 Å². The van der Waals surface area contributed by atoms with Crippen LogP contribution in [0.25, 0.3) is 0 Å². The van der Waals surface area contributed by atoms with Crippen molar-refractivity contribution in [3.63, 3.8) is 0 Å². The third-order valence-electron chi connectivity index (χ3n) is 4.68. The minimum absolute atomic E-state index is 0.109. The van der Waals surface area contributed by atoms with Crippen LogP contribution in [-0.2, 0) is 14.8 Å². The lowest BCUT2D eigenvalue weighted by Crippen LogP contribution is -2.39. The summed E-state index contributed by atoms with van der Waals surface area (Å²) in [5.74, 6) is 0.0939. The molecule has 0 unspecified atom stereocenters. The van der Waals surface area contributed by atoms with Gasteiger partial charge in [0, 0.05) is 0 Å². The number of methoxy groups -OCH3 is 1. The summed E-state index contributed by atoms with van der Waals surface area (Å²) in [6.07, 6.45) is 1.46. The van der Waals surface area contributed by atoms with Crippen molar-refractivity contribution in [1.82, 2.24) is 5.43 Å². The molecule has 0 aliphatic carbocycles. The van der Waals surface area contributed by atoms with E-state index in [0.29, 0.717) is 11.4 Å². The first kappa shape index (κ1) is 23.0. The number of ether oxygens (including phenoxy) is 1. The molecular weight excluding hydrogens is 426 g/mol. The average Bonchev–Trinajstić information content (AvgIpc) is 2.78. The largest absolute Gasteiger partial charge is 0.497 e. The number of hydrogen-bond acceptors (Lipinski definition) is 5. The van der Waals surface area contributed by atoms with Crippen molar-refractivity contribution in [3.8, 4) is 5.75 Å². The van der Waals surface area contributed by atoms with Crippen molar-refractivity contribution in [2.75, 3.05) is 18.0 Å². The van der Waals surface area contributed by atoms with Gasteiger partial charge in [0.15, 0.2) is 0 Å². The van der Waals surface area contributed by atoms with Crippen LogP contribution in [0.2, 0.25) is 0 Å². The Kier molecular flexibility index (Phi) is 7.27. The fourth-order valence-corrected chi connectivity index (χ4v) is 4.41. The van der Waals surface area contributed by atoms with Crippen LogP contribution in [0.4, 0.5) is 5.69 Å². The number of amides is 1. The van der Waals surface area contributed by atoms with E-state index in [9.17, 15) is 13.2 Å². The fourth-order valence-electron chi connectivity index (χ4n) is 3.00. The molecule has 166 valence electrons. The van der Waals surface area contributed by atoms with E-state index in [1.54, 1.807) is 61.7 Å². The van der Waals surface area contributed by atoms with Crippen LogP contribution in [0, 0.1) is 13.8 Å². The van der Waals surface area contributed by atoms with Crippen LogP contribution in [0.1, 0.15) is 16.7 Å². The first-order valence-corrected chi connectivity index (χ1v) is 11.4. The van der Waals surface area contributed by atoms with Gasteiger partial charge in [-0.15, -0.1) is 0 Å². The number of carbonyl (C=O) groups excluding carboxylic acids is 1. The highest BCUT2D eigenvalue weighted by Gasteiger charge is 2.27. The van der Waals surface area contributed by atoms with Crippen molar-refractivity contribution in [3.05, 3.63) is 89.5 Å². The molecule has 0 fully saturated rings. The van der Waals surface area contributed by atoms with E-state index >= 15 is 0 Å². The lowest BCUT2D eigenvalue weighted by molar-refractivity contribution is -0.119. The SMILES string of the molecule is COc1cccc(/C=N\NC(=O)CN(c2cccc(C)c2)S(=O)(=O)c2ccc(C)cc2)c1. The molecule has 0 saturated carbocycles. The van der Waals surface area contributed by atoms with Gasteiger partial charge in [0.25, 0.3) is 15.9 Å². The van der Waals surface area contributed by atoms with Gasteiger partial charge in [-0.2, -0.15) is 5.10 Å². The Labute approximate surface area is 188 Å². The van der Waals surface area contributed by atoms with Gasteiger partial charge in [-0.25, -0.2) is 13.8 Å². The summed E-state index contributed by atoms with van der Waals surface area (Å²) >= 11 is 0. The van der Waals surface area contributed by atoms with Gasteiger partial charge in [-0.3, -0.25) is 9.10 Å². The van der Waals surface area contributed by atoms with Crippen molar-refractivity contribution in [2.45, 2.75) is 18.7 Å². The van der Waals surface area contributed by atoms with Crippen molar-refractivity contribution in [1.29, 1.82) is 0 Å². The summed E-state index contributed by atoms with van der Waals surface area (Å²) in [5.41, 5.74) is 5.35. The Balaban J connectivity index is 1.83. The molecule has 0 aromatic heterocycles. The summed E-state index contributed by atoms with van der Waals surface area (Å²) in [6, 6.07) is 20.7. The molecule has 0 radical (unpaired) electrons. The first-order valence-electron chi connectivity index (χ1n) is 9.91. The average molecular weight is 452 g/mol. The first-order chi connectivity index (χ1) is 15.3. The molecule has 1 N–H and O–H groups in total. The maximum atomic E-state index is 13.4. The number of anilines is 1. The van der Waals surface area contributed by atoms with Crippen LogP contribution in [0.5, 0.6) is 5.75 Å². The highest BCUT2D eigenvalue weighted by molar-refractivity contribution is 7.92. The lowest BCUT2D eigenvalue weighted by atomic mass is 10.2. The Morgan fingerprint density at radius 1 is 1.00 bits per heavy atom. The van der Waals surface area contributed by atoms with Gasteiger partial charge in [0.05, 0.1) is 23.9 Å². The summed E-state index contributed by atoms with van der Waals surface area (Å²) < 4.78 is 32.9. The van der Waals surface area contributed by atoms with Crippen LogP contribution >= 0.6 is 0 Å². The molecule has 3 aromatic carbocycles. The molecule has 3 aromatic rings. The van der Waals surface area contributed by atoms with Crippen LogP contribution < -0.4 is 14.5 Å². The minimum Gasteiger partial charge on any atom is -0.497 e. The number of sulfonamides is 1. The van der Waals surface area contributed by atoms with E-state index in [2.05, 4.69) is 10.5 Å². The quantitative estimate of drug-likeness (QED) is 0.418. The molecule has 7 nitrogen and oxygen atoms in total. The molecule has 1 amide bonds. The Bertz CT molecular complexity index is 1220. The zero-order valence-corrected chi connectivity index (χ0v) is 19.0. The standard InChI is InChI=1S/C24H25N3O4S/c1-18-10-12-23(13-11-18)32(29,30)27(21-8-4-6-19(2)14-21)17-24(28)26-25-16-20-7-5-9-22(15-20)31-3/h4-16H,17H2,1-3H3,(H,26,28)/b25-16-. The van der Waals surface area contributed by atoms with Crippen molar-refractivity contribution >= 4 is 27.8 Å². The smallest absolute Gasteiger partial charge is 0.264 e. The van der Waals surface area contributed by atoms with E-state index in [1.165, 1.54) is 18.3 Å². The normalized spacial score (nSPS) is 11.3. The van der Waals surface area contributed by atoms with Gasteiger partial charge in [0.2, 0.25) is 0 Å². The number of rotatable bonds is 8. The van der Waals surface area contributed by atoms with Gasteiger partial charge in [-0.05, 0) is 61.4 Å². The number of aryl methyl sites for hydroxylation is 2. The number of hydrogen-bond donors (Lipinski definition) is 1. The van der Waals surface area contributed by atoms with E-state index in [0.717, 1.165) is 21.0 Å². The Morgan fingerprint density at radius 3 is 2.41 bits per heavy atom. The fraction of sp³-hybridized carbons (Fsp3) is 0.167. The second-order valence-electron chi connectivity index (χ2n) is 7.23. The summed E-state index contributed by atoms with van der Waals surface area (Å²) in [5, 5.41) is 3.95. The number of benzene rings is 3. The van der Waals surface area contributed by atoms with E-state index < -0.39 is 22.5 Å².